The van der Waals surface area contributed by atoms with E-state index >= 15 is 0 Å². The summed E-state index contributed by atoms with van der Waals surface area (Å²) in [5, 5.41) is 3.95. The lowest BCUT2D eigenvalue weighted by molar-refractivity contribution is -0.132. The Labute approximate surface area is 137 Å². The summed E-state index contributed by atoms with van der Waals surface area (Å²) < 4.78 is 5.32. The average Bonchev–Trinajstić information content (AvgIpc) is 2.51. The molecule has 2 rings (SSSR count). The Hall–Kier alpha value is -1.46. The monoisotopic (exact) mass is 325 g/mol. The molecule has 0 unspecified atom stereocenters. The lowest BCUT2D eigenvalue weighted by atomic mass is 10.2. The van der Waals surface area contributed by atoms with Crippen molar-refractivity contribution in [2.45, 2.75) is 13.3 Å². The average molecular weight is 326 g/mol. The molecule has 1 saturated heterocycles. The molecular weight excluding hydrogens is 302 g/mol. The lowest BCUT2D eigenvalue weighted by Gasteiger charge is -2.32. The van der Waals surface area contributed by atoms with Crippen molar-refractivity contribution in [3.05, 3.63) is 22.7 Å². The highest BCUT2D eigenvalue weighted by atomic mass is 35.5. The largest absolute Gasteiger partial charge is 0.495 e. The van der Waals surface area contributed by atoms with Crippen LogP contribution in [0.3, 0.4) is 0 Å². The van der Waals surface area contributed by atoms with Gasteiger partial charge in [-0.05, 0) is 25.6 Å². The molecule has 0 aliphatic carbocycles. The molecule has 22 heavy (non-hydrogen) atoms. The first-order chi connectivity index (χ1) is 10.5. The van der Waals surface area contributed by atoms with Crippen LogP contribution in [0, 0.1) is 6.92 Å². The standard InChI is InChI=1S/C16H24ClN3O2/c1-12-10-14(15(22-3)11-13(12)17)18-5-4-16(21)20-8-6-19(2)7-9-20/h10-11,18H,4-9H2,1-3H3. The highest BCUT2D eigenvalue weighted by Crippen LogP contribution is 2.30. The Bertz CT molecular complexity index is 528. The number of rotatable bonds is 5. The van der Waals surface area contributed by atoms with E-state index in [0.29, 0.717) is 23.7 Å². The normalized spacial score (nSPS) is 15.7. The zero-order valence-corrected chi connectivity index (χ0v) is 14.2. The molecule has 0 atom stereocenters. The zero-order chi connectivity index (χ0) is 16.1. The van der Waals surface area contributed by atoms with Crippen molar-refractivity contribution < 1.29 is 9.53 Å². The predicted octanol–water partition coefficient (Wildman–Crippen LogP) is 2.23. The smallest absolute Gasteiger partial charge is 0.224 e. The molecule has 0 saturated carbocycles. The molecule has 5 nitrogen and oxygen atoms in total. The fourth-order valence-corrected chi connectivity index (χ4v) is 2.64. The SMILES string of the molecule is COc1cc(Cl)c(C)cc1NCCC(=O)N1CCN(C)CC1. The first kappa shape index (κ1) is 16.9. The van der Waals surface area contributed by atoms with Crippen molar-refractivity contribution in [2.75, 3.05) is 52.2 Å². The van der Waals surface area contributed by atoms with Crippen LogP contribution in [0.25, 0.3) is 0 Å². The van der Waals surface area contributed by atoms with Crippen LogP contribution in [0.4, 0.5) is 5.69 Å². The number of carbonyl (C=O) groups is 1. The lowest BCUT2D eigenvalue weighted by Crippen LogP contribution is -2.47. The van der Waals surface area contributed by atoms with Crippen LogP contribution in [0.15, 0.2) is 12.1 Å². The van der Waals surface area contributed by atoms with E-state index in [1.807, 2.05) is 17.9 Å². The number of benzene rings is 1. The number of likely N-dealkylation sites (N-methyl/N-ethyl adjacent to an activating group) is 1. The third kappa shape index (κ3) is 4.27. The maximum Gasteiger partial charge on any atom is 0.224 e. The second-order valence-electron chi connectivity index (χ2n) is 5.66. The number of hydrogen-bond acceptors (Lipinski definition) is 4. The number of nitrogens with one attached hydrogen (secondary N) is 1. The Morgan fingerprint density at radius 1 is 1.32 bits per heavy atom. The number of aryl methyl sites for hydroxylation is 1. The van der Waals surface area contributed by atoms with Crippen LogP contribution in [0.1, 0.15) is 12.0 Å². The van der Waals surface area contributed by atoms with Crippen molar-refractivity contribution >= 4 is 23.2 Å². The van der Waals surface area contributed by atoms with Crippen molar-refractivity contribution in [3.8, 4) is 5.75 Å². The maximum absolute atomic E-state index is 12.2. The summed E-state index contributed by atoms with van der Waals surface area (Å²) in [5.74, 6) is 0.896. The van der Waals surface area contributed by atoms with Gasteiger partial charge in [0, 0.05) is 50.2 Å². The molecule has 6 heteroatoms. The minimum Gasteiger partial charge on any atom is -0.495 e. The number of amides is 1. The van der Waals surface area contributed by atoms with Gasteiger partial charge in [0.05, 0.1) is 12.8 Å². The molecule has 0 aromatic heterocycles. The molecule has 1 aromatic rings. The highest BCUT2D eigenvalue weighted by Gasteiger charge is 2.18. The number of halogens is 1. The molecule has 122 valence electrons. The van der Waals surface area contributed by atoms with Gasteiger partial charge in [-0.3, -0.25) is 4.79 Å². The van der Waals surface area contributed by atoms with E-state index < -0.39 is 0 Å². The van der Waals surface area contributed by atoms with Crippen LogP contribution in [0.2, 0.25) is 5.02 Å². The molecule has 1 aliphatic heterocycles. The quantitative estimate of drug-likeness (QED) is 0.901. The van der Waals surface area contributed by atoms with E-state index in [9.17, 15) is 4.79 Å². The summed E-state index contributed by atoms with van der Waals surface area (Å²) in [7, 11) is 3.69. The Morgan fingerprint density at radius 2 is 2.00 bits per heavy atom. The molecule has 0 radical (unpaired) electrons. The predicted molar refractivity (Wildman–Crippen MR) is 89.9 cm³/mol. The Morgan fingerprint density at radius 3 is 2.64 bits per heavy atom. The Balaban J connectivity index is 1.86. The van der Waals surface area contributed by atoms with Gasteiger partial charge in [0.1, 0.15) is 5.75 Å². The third-order valence-corrected chi connectivity index (χ3v) is 4.40. The number of carbonyl (C=O) groups excluding carboxylic acids is 1. The van der Waals surface area contributed by atoms with Crippen LogP contribution in [0.5, 0.6) is 5.75 Å². The summed E-state index contributed by atoms with van der Waals surface area (Å²) >= 11 is 6.09. The van der Waals surface area contributed by atoms with Gasteiger partial charge < -0.3 is 19.9 Å². The van der Waals surface area contributed by atoms with Crippen molar-refractivity contribution in [3.63, 3.8) is 0 Å². The molecule has 1 aliphatic rings. The van der Waals surface area contributed by atoms with Gasteiger partial charge in [-0.15, -0.1) is 0 Å². The fraction of sp³-hybridized carbons (Fsp3) is 0.562. The van der Waals surface area contributed by atoms with Gasteiger partial charge in [0.25, 0.3) is 0 Å². The minimum absolute atomic E-state index is 0.199. The van der Waals surface area contributed by atoms with E-state index in [4.69, 9.17) is 16.3 Å². The van der Waals surface area contributed by atoms with Gasteiger partial charge in [0.15, 0.2) is 0 Å². The van der Waals surface area contributed by atoms with Crippen LogP contribution >= 0.6 is 11.6 Å². The second kappa shape index (κ2) is 7.70. The van der Waals surface area contributed by atoms with E-state index in [-0.39, 0.29) is 5.91 Å². The molecule has 1 amide bonds. The van der Waals surface area contributed by atoms with Gasteiger partial charge in [-0.25, -0.2) is 0 Å². The summed E-state index contributed by atoms with van der Waals surface area (Å²) in [4.78, 5) is 16.4. The number of piperazine rings is 1. The molecule has 1 N–H and O–H groups in total. The highest BCUT2D eigenvalue weighted by molar-refractivity contribution is 6.31. The zero-order valence-electron chi connectivity index (χ0n) is 13.5. The molecule has 0 bridgehead atoms. The number of nitrogens with zero attached hydrogens (tertiary/aromatic N) is 2. The van der Waals surface area contributed by atoms with Gasteiger partial charge >= 0.3 is 0 Å². The van der Waals surface area contributed by atoms with E-state index in [2.05, 4.69) is 17.3 Å². The topological polar surface area (TPSA) is 44.8 Å². The van der Waals surface area contributed by atoms with Crippen LogP contribution in [-0.2, 0) is 4.79 Å². The van der Waals surface area contributed by atoms with E-state index in [0.717, 1.165) is 37.4 Å². The molecular formula is C16H24ClN3O2. The summed E-state index contributed by atoms with van der Waals surface area (Å²) in [5.41, 5.74) is 1.85. The summed E-state index contributed by atoms with van der Waals surface area (Å²) in [6.07, 6.45) is 0.481. The van der Waals surface area contributed by atoms with Crippen molar-refractivity contribution in [1.29, 1.82) is 0 Å². The number of anilines is 1. The fourth-order valence-electron chi connectivity index (χ4n) is 2.49. The second-order valence-corrected chi connectivity index (χ2v) is 6.07. The first-order valence-electron chi connectivity index (χ1n) is 7.55. The summed E-state index contributed by atoms with van der Waals surface area (Å²) in [6, 6.07) is 3.74. The van der Waals surface area contributed by atoms with E-state index in [1.165, 1.54) is 0 Å². The van der Waals surface area contributed by atoms with Crippen LogP contribution < -0.4 is 10.1 Å². The Kier molecular flexibility index (Phi) is 5.91. The molecule has 1 fully saturated rings. The van der Waals surface area contributed by atoms with Gasteiger partial charge in [-0.1, -0.05) is 11.6 Å². The first-order valence-corrected chi connectivity index (χ1v) is 7.93. The van der Waals surface area contributed by atoms with Crippen LogP contribution in [-0.4, -0.2) is 62.6 Å². The van der Waals surface area contributed by atoms with Crippen molar-refractivity contribution in [1.82, 2.24) is 9.80 Å². The molecule has 1 aromatic carbocycles. The maximum atomic E-state index is 12.2. The van der Waals surface area contributed by atoms with Gasteiger partial charge in [0.2, 0.25) is 5.91 Å². The van der Waals surface area contributed by atoms with Crippen molar-refractivity contribution in [2.24, 2.45) is 0 Å². The number of ether oxygens (including phenoxy) is 1. The number of hydrogen-bond donors (Lipinski definition) is 1. The minimum atomic E-state index is 0.199. The molecule has 0 spiro atoms. The molecule has 1 heterocycles. The van der Waals surface area contributed by atoms with E-state index in [1.54, 1.807) is 13.2 Å². The van der Waals surface area contributed by atoms with Gasteiger partial charge in [-0.2, -0.15) is 0 Å². The number of methoxy groups -OCH3 is 1. The summed E-state index contributed by atoms with van der Waals surface area (Å²) in [6.45, 7) is 6.06. The third-order valence-electron chi connectivity index (χ3n) is 3.99.